The molecule has 0 saturated heterocycles. The zero-order valence-corrected chi connectivity index (χ0v) is 15.8. The molecule has 0 atom stereocenters. The number of halogens is 1. The van der Waals surface area contributed by atoms with Crippen molar-refractivity contribution < 1.29 is 9.32 Å². The summed E-state index contributed by atoms with van der Waals surface area (Å²) in [6.45, 7) is 2.05. The van der Waals surface area contributed by atoms with Crippen LogP contribution >= 0.6 is 11.6 Å². The summed E-state index contributed by atoms with van der Waals surface area (Å²) < 4.78 is 7.11. The molecule has 4 rings (SSSR count). The van der Waals surface area contributed by atoms with Crippen LogP contribution in [0.5, 0.6) is 0 Å². The average Bonchev–Trinajstić information content (AvgIpc) is 3.31. The first-order chi connectivity index (χ1) is 13.6. The Morgan fingerprint density at radius 1 is 1.21 bits per heavy atom. The topological polar surface area (TPSA) is 98.2 Å². The van der Waals surface area contributed by atoms with E-state index >= 15 is 0 Å². The lowest BCUT2D eigenvalue weighted by Gasteiger charge is -2.05. The maximum absolute atomic E-state index is 12.4. The number of pyridine rings is 1. The molecule has 1 amide bonds. The fourth-order valence-corrected chi connectivity index (χ4v) is 2.95. The molecule has 0 radical (unpaired) electrons. The molecule has 9 heteroatoms. The van der Waals surface area contributed by atoms with Crippen LogP contribution in [0.3, 0.4) is 0 Å². The van der Waals surface area contributed by atoms with Crippen molar-refractivity contribution in [2.75, 3.05) is 5.32 Å². The van der Waals surface area contributed by atoms with Crippen molar-refractivity contribution >= 4 is 28.8 Å². The van der Waals surface area contributed by atoms with Gasteiger partial charge in [-0.3, -0.25) is 9.20 Å². The Labute approximate surface area is 165 Å². The highest BCUT2D eigenvalue weighted by Gasteiger charge is 2.17. The molecule has 3 aromatic heterocycles. The van der Waals surface area contributed by atoms with E-state index in [0.717, 1.165) is 12.8 Å². The number of anilines is 1. The van der Waals surface area contributed by atoms with Gasteiger partial charge in [-0.05, 0) is 42.8 Å². The SMILES string of the molecule is CCCc1noc(-c2cccn3c(CC(=O)Nc4ccc(Cl)cc4)nnc23)n1. The number of aromatic nitrogens is 5. The Balaban J connectivity index is 1.57. The van der Waals surface area contributed by atoms with E-state index < -0.39 is 0 Å². The highest BCUT2D eigenvalue weighted by molar-refractivity contribution is 6.30. The second-order valence-electron chi connectivity index (χ2n) is 6.23. The third kappa shape index (κ3) is 3.72. The number of nitrogens with one attached hydrogen (secondary N) is 1. The van der Waals surface area contributed by atoms with Crippen LogP contribution in [0.2, 0.25) is 5.02 Å². The van der Waals surface area contributed by atoms with Crippen LogP contribution in [0.1, 0.15) is 25.0 Å². The molecular weight excluding hydrogens is 380 g/mol. The van der Waals surface area contributed by atoms with E-state index in [0.29, 0.717) is 39.5 Å². The molecule has 0 spiro atoms. The van der Waals surface area contributed by atoms with Gasteiger partial charge in [0.05, 0.1) is 12.0 Å². The van der Waals surface area contributed by atoms with Gasteiger partial charge in [-0.1, -0.05) is 23.7 Å². The van der Waals surface area contributed by atoms with Gasteiger partial charge in [0.15, 0.2) is 11.5 Å². The van der Waals surface area contributed by atoms with Crippen LogP contribution in [0.25, 0.3) is 17.1 Å². The van der Waals surface area contributed by atoms with E-state index in [2.05, 4.69) is 32.6 Å². The van der Waals surface area contributed by atoms with Crippen molar-refractivity contribution in [3.63, 3.8) is 0 Å². The summed E-state index contributed by atoms with van der Waals surface area (Å²) in [6.07, 6.45) is 3.54. The van der Waals surface area contributed by atoms with Gasteiger partial charge in [0, 0.05) is 23.3 Å². The smallest absolute Gasteiger partial charge is 0.261 e. The van der Waals surface area contributed by atoms with Crippen LogP contribution in [-0.4, -0.2) is 30.6 Å². The van der Waals surface area contributed by atoms with Gasteiger partial charge < -0.3 is 9.84 Å². The standard InChI is InChI=1S/C19H17ClN6O2/c1-2-4-15-22-19(28-25-15)14-5-3-10-26-16(23-24-18(14)26)11-17(27)21-13-8-6-12(20)7-9-13/h3,5-10H,2,4,11H2,1H3,(H,21,27). The Morgan fingerprint density at radius 2 is 2.04 bits per heavy atom. The van der Waals surface area contributed by atoms with Crippen molar-refractivity contribution in [1.82, 2.24) is 24.7 Å². The summed E-state index contributed by atoms with van der Waals surface area (Å²) in [5, 5.41) is 15.8. The van der Waals surface area contributed by atoms with Gasteiger partial charge in [-0.25, -0.2) is 0 Å². The summed E-state index contributed by atoms with van der Waals surface area (Å²) >= 11 is 5.86. The molecule has 8 nitrogen and oxygen atoms in total. The summed E-state index contributed by atoms with van der Waals surface area (Å²) in [6, 6.07) is 10.6. The zero-order valence-electron chi connectivity index (χ0n) is 15.1. The molecular formula is C19H17ClN6O2. The first kappa shape index (κ1) is 18.1. The molecule has 0 bridgehead atoms. The van der Waals surface area contributed by atoms with Gasteiger partial charge in [0.25, 0.3) is 5.89 Å². The quantitative estimate of drug-likeness (QED) is 0.535. The van der Waals surface area contributed by atoms with Gasteiger partial charge in [0.2, 0.25) is 5.91 Å². The Hall–Kier alpha value is -3.26. The number of nitrogens with zero attached hydrogens (tertiary/aromatic N) is 5. The van der Waals surface area contributed by atoms with E-state index in [4.69, 9.17) is 16.1 Å². The predicted molar refractivity (Wildman–Crippen MR) is 104 cm³/mol. The number of carbonyl (C=O) groups excluding carboxylic acids is 1. The Morgan fingerprint density at radius 3 is 2.82 bits per heavy atom. The third-order valence-corrected chi connectivity index (χ3v) is 4.38. The molecule has 3 heterocycles. The molecule has 0 unspecified atom stereocenters. The molecule has 0 saturated carbocycles. The number of rotatable bonds is 6. The minimum absolute atomic E-state index is 0.0676. The summed E-state index contributed by atoms with van der Waals surface area (Å²) in [5.41, 5.74) is 1.90. The lowest BCUT2D eigenvalue weighted by atomic mass is 10.2. The normalized spacial score (nSPS) is 11.1. The lowest BCUT2D eigenvalue weighted by molar-refractivity contribution is -0.115. The maximum atomic E-state index is 12.4. The van der Waals surface area contributed by atoms with E-state index in [9.17, 15) is 4.79 Å². The zero-order chi connectivity index (χ0) is 19.5. The number of hydrogen-bond acceptors (Lipinski definition) is 6. The molecule has 28 heavy (non-hydrogen) atoms. The van der Waals surface area contributed by atoms with E-state index in [1.54, 1.807) is 34.9 Å². The average molecular weight is 397 g/mol. The molecule has 4 aromatic rings. The third-order valence-electron chi connectivity index (χ3n) is 4.12. The van der Waals surface area contributed by atoms with Crippen molar-refractivity contribution in [3.05, 3.63) is 59.3 Å². The second kappa shape index (κ2) is 7.77. The highest BCUT2D eigenvalue weighted by Crippen LogP contribution is 2.23. The monoisotopic (exact) mass is 396 g/mol. The predicted octanol–water partition coefficient (Wildman–Crippen LogP) is 3.57. The lowest BCUT2D eigenvalue weighted by Crippen LogP contribution is -2.16. The molecule has 0 aliphatic carbocycles. The fourth-order valence-electron chi connectivity index (χ4n) is 2.82. The van der Waals surface area contributed by atoms with E-state index in [-0.39, 0.29) is 12.3 Å². The van der Waals surface area contributed by atoms with Crippen molar-refractivity contribution in [1.29, 1.82) is 0 Å². The van der Waals surface area contributed by atoms with Crippen molar-refractivity contribution in [3.8, 4) is 11.5 Å². The number of carbonyl (C=O) groups is 1. The van der Waals surface area contributed by atoms with Crippen LogP contribution in [0.15, 0.2) is 47.1 Å². The van der Waals surface area contributed by atoms with Crippen molar-refractivity contribution in [2.24, 2.45) is 0 Å². The van der Waals surface area contributed by atoms with Crippen molar-refractivity contribution in [2.45, 2.75) is 26.2 Å². The molecule has 142 valence electrons. The maximum Gasteiger partial charge on any atom is 0.261 e. The summed E-state index contributed by atoms with van der Waals surface area (Å²) in [7, 11) is 0. The highest BCUT2D eigenvalue weighted by atomic mass is 35.5. The van der Waals surface area contributed by atoms with Crippen LogP contribution < -0.4 is 5.32 Å². The first-order valence-corrected chi connectivity index (χ1v) is 9.23. The van der Waals surface area contributed by atoms with Gasteiger partial charge >= 0.3 is 0 Å². The number of benzene rings is 1. The van der Waals surface area contributed by atoms with Gasteiger partial charge in [0.1, 0.15) is 5.82 Å². The van der Waals surface area contributed by atoms with Crippen LogP contribution in [0, 0.1) is 0 Å². The Bertz CT molecular complexity index is 1120. The Kier molecular flexibility index (Phi) is 5.03. The summed E-state index contributed by atoms with van der Waals surface area (Å²) in [4.78, 5) is 16.8. The first-order valence-electron chi connectivity index (χ1n) is 8.85. The molecule has 0 fully saturated rings. The van der Waals surface area contributed by atoms with Crippen LogP contribution in [0.4, 0.5) is 5.69 Å². The second-order valence-corrected chi connectivity index (χ2v) is 6.67. The molecule has 0 aliphatic heterocycles. The molecule has 1 N–H and O–H groups in total. The largest absolute Gasteiger partial charge is 0.334 e. The number of hydrogen-bond donors (Lipinski definition) is 1. The van der Waals surface area contributed by atoms with Gasteiger partial charge in [-0.15, -0.1) is 10.2 Å². The summed E-state index contributed by atoms with van der Waals surface area (Å²) in [5.74, 6) is 1.35. The number of amides is 1. The fraction of sp³-hybridized carbons (Fsp3) is 0.211. The minimum atomic E-state index is -0.204. The van der Waals surface area contributed by atoms with Gasteiger partial charge in [-0.2, -0.15) is 4.98 Å². The molecule has 1 aromatic carbocycles. The van der Waals surface area contributed by atoms with E-state index in [1.807, 2.05) is 12.1 Å². The molecule has 0 aliphatic rings. The number of aryl methyl sites for hydroxylation is 1. The minimum Gasteiger partial charge on any atom is -0.334 e. The van der Waals surface area contributed by atoms with E-state index in [1.165, 1.54) is 0 Å². The number of fused-ring (bicyclic) bond motifs is 1. The van der Waals surface area contributed by atoms with Crippen LogP contribution in [-0.2, 0) is 17.6 Å².